The van der Waals surface area contributed by atoms with Gasteiger partial charge in [-0.05, 0) is 54.1 Å². The summed E-state index contributed by atoms with van der Waals surface area (Å²) < 4.78 is 39.7. The zero-order chi connectivity index (χ0) is 24.6. The van der Waals surface area contributed by atoms with Gasteiger partial charge in [0.25, 0.3) is 5.91 Å². The number of carbonyl (C=O) groups excluding carboxylic acids is 1. The Morgan fingerprint density at radius 1 is 0.914 bits per heavy atom. The third-order valence-corrected chi connectivity index (χ3v) is 8.09. The maximum Gasteiger partial charge on any atom is 0.416 e. The fourth-order valence-electron chi connectivity index (χ4n) is 3.86. The number of thioether (sulfide) groups is 2. The lowest BCUT2D eigenvalue weighted by Gasteiger charge is -2.17. The molecule has 1 amide bonds. The van der Waals surface area contributed by atoms with E-state index in [0.717, 1.165) is 33.3 Å². The number of para-hydroxylation sites is 1. The van der Waals surface area contributed by atoms with Crippen molar-refractivity contribution in [2.24, 2.45) is 4.99 Å². The van der Waals surface area contributed by atoms with Crippen LogP contribution in [0.25, 0.3) is 0 Å². The van der Waals surface area contributed by atoms with E-state index in [0.29, 0.717) is 23.0 Å². The van der Waals surface area contributed by atoms with Crippen molar-refractivity contribution in [2.45, 2.75) is 17.5 Å². The first-order valence-corrected chi connectivity index (χ1v) is 12.5. The Balaban J connectivity index is 1.51. The summed E-state index contributed by atoms with van der Waals surface area (Å²) in [4.78, 5) is 23.2. The van der Waals surface area contributed by atoms with E-state index in [1.54, 1.807) is 4.90 Å². The van der Waals surface area contributed by atoms with Gasteiger partial charge in [-0.1, -0.05) is 60.3 Å². The van der Waals surface area contributed by atoms with Crippen LogP contribution in [0.2, 0.25) is 0 Å². The molecule has 35 heavy (non-hydrogen) atoms. The number of alkyl halides is 3. The monoisotopic (exact) mass is 511 g/mol. The van der Waals surface area contributed by atoms with E-state index in [1.165, 1.54) is 35.7 Å². The lowest BCUT2D eigenvalue weighted by atomic mass is 10.1. The van der Waals surface area contributed by atoms with Crippen LogP contribution in [-0.2, 0) is 17.4 Å². The van der Waals surface area contributed by atoms with Crippen molar-refractivity contribution in [2.75, 3.05) is 18.5 Å². The number of aliphatic imine (C=N–C) groups is 1. The fourth-order valence-corrected chi connectivity index (χ4v) is 6.23. The molecule has 0 unspecified atom stereocenters. The lowest BCUT2D eigenvalue weighted by Crippen LogP contribution is -2.31. The second kappa shape index (κ2) is 9.47. The van der Waals surface area contributed by atoms with Crippen LogP contribution in [-0.4, -0.2) is 29.6 Å². The molecule has 2 aliphatic heterocycles. The van der Waals surface area contributed by atoms with Crippen LogP contribution < -0.4 is 4.90 Å². The smallest absolute Gasteiger partial charge is 0.337 e. The van der Waals surface area contributed by atoms with Crippen molar-refractivity contribution in [3.63, 3.8) is 0 Å². The van der Waals surface area contributed by atoms with E-state index in [4.69, 9.17) is 0 Å². The molecule has 0 atom stereocenters. The summed E-state index contributed by atoms with van der Waals surface area (Å²) in [6.45, 7) is 0.367. The van der Waals surface area contributed by atoms with E-state index in [-0.39, 0.29) is 11.6 Å². The van der Waals surface area contributed by atoms with Gasteiger partial charge in [-0.15, -0.1) is 0 Å². The SMILES string of the molecule is CN1/C(=C2/SC(=Nc3cccc(C(F)(F)F)c3)N(CCc3ccccc3)C2=O)Sc2ccccc21. The molecule has 4 nitrogen and oxygen atoms in total. The molecule has 0 radical (unpaired) electrons. The molecule has 1 fully saturated rings. The van der Waals surface area contributed by atoms with Crippen LogP contribution in [0.3, 0.4) is 0 Å². The number of hydrogen-bond acceptors (Lipinski definition) is 5. The van der Waals surface area contributed by atoms with Crippen LogP contribution in [0.1, 0.15) is 11.1 Å². The topological polar surface area (TPSA) is 35.9 Å². The molecular formula is C26H20F3N3OS2. The number of carbonyl (C=O) groups is 1. The minimum absolute atomic E-state index is 0.154. The summed E-state index contributed by atoms with van der Waals surface area (Å²) in [7, 11) is 1.91. The fraction of sp³-hybridized carbons (Fsp3) is 0.154. The van der Waals surface area contributed by atoms with Crippen LogP contribution in [0, 0.1) is 0 Å². The van der Waals surface area contributed by atoms with E-state index in [1.807, 2.05) is 66.5 Å². The van der Waals surface area contributed by atoms with Gasteiger partial charge in [-0.25, -0.2) is 4.99 Å². The molecule has 9 heteroatoms. The highest BCUT2D eigenvalue weighted by Crippen LogP contribution is 2.50. The molecule has 5 rings (SSSR count). The number of halogens is 3. The standard InChI is InChI=1S/C26H20F3N3OS2/c1-31-20-12-5-6-13-21(20)34-24(31)22-23(33)32(15-14-17-8-3-2-4-9-17)25(35-22)30-19-11-7-10-18(16-19)26(27,28)29/h2-13,16H,14-15H2,1H3/b24-22-,30-25?. The largest absolute Gasteiger partial charge is 0.416 e. The van der Waals surface area contributed by atoms with Crippen LogP contribution >= 0.6 is 23.5 Å². The molecule has 3 aromatic carbocycles. The Labute approximate surface area is 209 Å². The van der Waals surface area contributed by atoms with Crippen molar-refractivity contribution in [1.82, 2.24) is 4.90 Å². The number of amidine groups is 1. The number of rotatable bonds is 4. The number of hydrogen-bond donors (Lipinski definition) is 0. The number of anilines is 1. The van der Waals surface area contributed by atoms with Crippen molar-refractivity contribution in [1.29, 1.82) is 0 Å². The molecule has 0 aromatic heterocycles. The molecule has 2 heterocycles. The highest BCUT2D eigenvalue weighted by molar-refractivity contribution is 8.19. The van der Waals surface area contributed by atoms with Crippen molar-refractivity contribution >= 4 is 46.0 Å². The van der Waals surface area contributed by atoms with Crippen LogP contribution in [0.15, 0.2) is 98.7 Å². The first-order chi connectivity index (χ1) is 16.8. The van der Waals surface area contributed by atoms with Crippen LogP contribution in [0.4, 0.5) is 24.5 Å². The van der Waals surface area contributed by atoms with Gasteiger partial charge in [0.2, 0.25) is 0 Å². The van der Waals surface area contributed by atoms with Crippen molar-refractivity contribution in [3.05, 3.63) is 99.9 Å². The summed E-state index contributed by atoms with van der Waals surface area (Å²) in [5.41, 5.74) is 1.45. The van der Waals surface area contributed by atoms with E-state index >= 15 is 0 Å². The van der Waals surface area contributed by atoms with Gasteiger partial charge in [-0.3, -0.25) is 9.69 Å². The predicted molar refractivity (Wildman–Crippen MR) is 136 cm³/mol. The molecule has 0 spiro atoms. The average molecular weight is 512 g/mol. The average Bonchev–Trinajstić information content (AvgIpc) is 3.34. The van der Waals surface area contributed by atoms with Gasteiger partial charge in [0.15, 0.2) is 5.17 Å². The maximum absolute atomic E-state index is 13.6. The Kier molecular flexibility index (Phi) is 6.37. The van der Waals surface area contributed by atoms with Crippen LogP contribution in [0.5, 0.6) is 0 Å². The first-order valence-electron chi connectivity index (χ1n) is 10.9. The number of fused-ring (bicyclic) bond motifs is 1. The molecule has 178 valence electrons. The van der Waals surface area contributed by atoms with Gasteiger partial charge < -0.3 is 4.90 Å². The van der Waals surface area contributed by atoms with E-state index < -0.39 is 11.7 Å². The zero-order valence-electron chi connectivity index (χ0n) is 18.6. The molecule has 2 aliphatic rings. The van der Waals surface area contributed by atoms with Gasteiger partial charge in [0, 0.05) is 18.5 Å². The van der Waals surface area contributed by atoms with Crippen molar-refractivity contribution < 1.29 is 18.0 Å². The minimum Gasteiger partial charge on any atom is -0.337 e. The third-order valence-electron chi connectivity index (χ3n) is 5.66. The summed E-state index contributed by atoms with van der Waals surface area (Å²) in [5.74, 6) is -0.196. The Hall–Kier alpha value is -3.17. The number of amides is 1. The van der Waals surface area contributed by atoms with Gasteiger partial charge in [0.1, 0.15) is 4.91 Å². The summed E-state index contributed by atoms with van der Waals surface area (Å²) in [5, 5.41) is 1.16. The molecule has 3 aromatic rings. The number of benzene rings is 3. The van der Waals surface area contributed by atoms with E-state index in [9.17, 15) is 18.0 Å². The summed E-state index contributed by atoms with van der Waals surface area (Å²) >= 11 is 2.71. The van der Waals surface area contributed by atoms with E-state index in [2.05, 4.69) is 4.99 Å². The highest BCUT2D eigenvalue weighted by Gasteiger charge is 2.39. The molecule has 0 N–H and O–H groups in total. The zero-order valence-corrected chi connectivity index (χ0v) is 20.3. The van der Waals surface area contributed by atoms with Gasteiger partial charge in [0.05, 0.1) is 22.0 Å². The van der Waals surface area contributed by atoms with Gasteiger partial charge in [-0.2, -0.15) is 13.2 Å². The van der Waals surface area contributed by atoms with Gasteiger partial charge >= 0.3 is 6.18 Å². The number of nitrogens with zero attached hydrogens (tertiary/aromatic N) is 3. The Morgan fingerprint density at radius 2 is 1.66 bits per heavy atom. The molecule has 0 aliphatic carbocycles. The second-order valence-electron chi connectivity index (χ2n) is 8.00. The Bertz CT molecular complexity index is 1340. The molecular weight excluding hydrogens is 491 g/mol. The Morgan fingerprint density at radius 3 is 2.40 bits per heavy atom. The van der Waals surface area contributed by atoms with Crippen molar-refractivity contribution in [3.8, 4) is 0 Å². The first kappa shape index (κ1) is 23.6. The quantitative estimate of drug-likeness (QED) is 0.356. The minimum atomic E-state index is -4.47. The highest BCUT2D eigenvalue weighted by atomic mass is 32.2. The normalized spacial score (nSPS) is 19.1. The summed E-state index contributed by atoms with van der Waals surface area (Å²) in [6.07, 6.45) is -3.87. The lowest BCUT2D eigenvalue weighted by molar-refractivity contribution is -0.137. The summed E-state index contributed by atoms with van der Waals surface area (Å²) in [6, 6.07) is 22.5. The molecule has 1 saturated heterocycles. The molecule has 0 saturated carbocycles. The molecule has 0 bridgehead atoms. The second-order valence-corrected chi connectivity index (χ2v) is 10.0. The predicted octanol–water partition coefficient (Wildman–Crippen LogP) is 6.92. The maximum atomic E-state index is 13.6. The third kappa shape index (κ3) is 4.83.